The number of hydrogen-bond acceptors (Lipinski definition) is 5. The third kappa shape index (κ3) is 3.17. The zero-order valence-electron chi connectivity index (χ0n) is 12.5. The zero-order chi connectivity index (χ0) is 14.5. The molecule has 2 atom stereocenters. The highest BCUT2D eigenvalue weighted by Crippen LogP contribution is 2.32. The van der Waals surface area contributed by atoms with Gasteiger partial charge >= 0.3 is 5.97 Å². The Labute approximate surface area is 119 Å². The average Bonchev–Trinajstić information content (AvgIpc) is 2.88. The minimum absolute atomic E-state index is 0.322. The van der Waals surface area contributed by atoms with E-state index in [1.54, 1.807) is 7.11 Å². The molecule has 112 valence electrons. The SMILES string of the molecule is COCCc1c(C(=O)OC)nnn1C1CCCC(C)C1. The van der Waals surface area contributed by atoms with E-state index in [1.165, 1.54) is 20.0 Å². The van der Waals surface area contributed by atoms with Gasteiger partial charge in [0.25, 0.3) is 0 Å². The number of rotatable bonds is 5. The highest BCUT2D eigenvalue weighted by Gasteiger charge is 2.27. The van der Waals surface area contributed by atoms with Crippen LogP contribution in [0, 0.1) is 5.92 Å². The number of hydrogen-bond donors (Lipinski definition) is 0. The van der Waals surface area contributed by atoms with Crippen LogP contribution >= 0.6 is 0 Å². The second-order valence-corrected chi connectivity index (χ2v) is 5.49. The van der Waals surface area contributed by atoms with Crippen LogP contribution < -0.4 is 0 Å². The monoisotopic (exact) mass is 281 g/mol. The van der Waals surface area contributed by atoms with Gasteiger partial charge in [0.1, 0.15) is 0 Å². The summed E-state index contributed by atoms with van der Waals surface area (Å²) in [4.78, 5) is 11.8. The van der Waals surface area contributed by atoms with Crippen molar-refractivity contribution in [3.63, 3.8) is 0 Å². The van der Waals surface area contributed by atoms with E-state index in [0.717, 1.165) is 18.5 Å². The van der Waals surface area contributed by atoms with Crippen LogP contribution in [0.3, 0.4) is 0 Å². The lowest BCUT2D eigenvalue weighted by atomic mass is 9.87. The molecule has 1 saturated carbocycles. The zero-order valence-corrected chi connectivity index (χ0v) is 12.5. The van der Waals surface area contributed by atoms with Gasteiger partial charge in [-0.3, -0.25) is 0 Å². The maximum atomic E-state index is 11.8. The Hall–Kier alpha value is -1.43. The third-order valence-corrected chi connectivity index (χ3v) is 3.97. The maximum Gasteiger partial charge on any atom is 0.360 e. The van der Waals surface area contributed by atoms with Crippen LogP contribution in [-0.2, 0) is 15.9 Å². The summed E-state index contributed by atoms with van der Waals surface area (Å²) in [6, 6.07) is 0.330. The van der Waals surface area contributed by atoms with Crippen LogP contribution in [0.15, 0.2) is 0 Å². The predicted octanol–water partition coefficient (Wildman–Crippen LogP) is 2.00. The van der Waals surface area contributed by atoms with E-state index < -0.39 is 5.97 Å². The van der Waals surface area contributed by atoms with Crippen LogP contribution in [0.1, 0.15) is 54.8 Å². The summed E-state index contributed by atoms with van der Waals surface area (Å²) in [5.41, 5.74) is 1.15. The highest BCUT2D eigenvalue weighted by molar-refractivity contribution is 5.88. The highest BCUT2D eigenvalue weighted by atomic mass is 16.5. The normalized spacial score (nSPS) is 22.8. The van der Waals surface area contributed by atoms with Crippen molar-refractivity contribution < 1.29 is 14.3 Å². The molecule has 20 heavy (non-hydrogen) atoms. The molecule has 0 radical (unpaired) electrons. The fourth-order valence-corrected chi connectivity index (χ4v) is 2.92. The van der Waals surface area contributed by atoms with Crippen LogP contribution in [0.4, 0.5) is 0 Å². The molecule has 0 saturated heterocycles. The van der Waals surface area contributed by atoms with Crippen molar-refractivity contribution in [1.82, 2.24) is 15.0 Å². The smallest absolute Gasteiger partial charge is 0.360 e. The lowest BCUT2D eigenvalue weighted by Gasteiger charge is -2.27. The van der Waals surface area contributed by atoms with Crippen molar-refractivity contribution in [2.24, 2.45) is 5.92 Å². The number of methoxy groups -OCH3 is 2. The van der Waals surface area contributed by atoms with Crippen LogP contribution in [0.2, 0.25) is 0 Å². The van der Waals surface area contributed by atoms with Gasteiger partial charge in [0.05, 0.1) is 25.5 Å². The molecule has 6 nitrogen and oxygen atoms in total. The van der Waals surface area contributed by atoms with E-state index in [-0.39, 0.29) is 0 Å². The first-order chi connectivity index (χ1) is 9.67. The van der Waals surface area contributed by atoms with E-state index >= 15 is 0 Å². The van der Waals surface area contributed by atoms with E-state index in [2.05, 4.69) is 17.2 Å². The van der Waals surface area contributed by atoms with E-state index in [9.17, 15) is 4.79 Å². The summed E-state index contributed by atoms with van der Waals surface area (Å²) < 4.78 is 11.8. The van der Waals surface area contributed by atoms with Gasteiger partial charge < -0.3 is 9.47 Å². The lowest BCUT2D eigenvalue weighted by molar-refractivity contribution is 0.0592. The molecule has 1 aromatic rings. The van der Waals surface area contributed by atoms with Gasteiger partial charge in [-0.1, -0.05) is 25.0 Å². The molecule has 2 rings (SSSR count). The fraction of sp³-hybridized carbons (Fsp3) is 0.786. The Balaban J connectivity index is 2.26. The number of ether oxygens (including phenoxy) is 2. The molecule has 1 aliphatic rings. The van der Waals surface area contributed by atoms with Gasteiger partial charge in [-0.2, -0.15) is 0 Å². The van der Waals surface area contributed by atoms with Gasteiger partial charge in [-0.05, 0) is 18.8 Å². The molecule has 1 aliphatic carbocycles. The summed E-state index contributed by atoms with van der Waals surface area (Å²) in [7, 11) is 3.01. The number of carbonyl (C=O) groups is 1. The average molecular weight is 281 g/mol. The van der Waals surface area contributed by atoms with Crippen LogP contribution in [0.5, 0.6) is 0 Å². The predicted molar refractivity (Wildman–Crippen MR) is 73.6 cm³/mol. The second-order valence-electron chi connectivity index (χ2n) is 5.49. The first-order valence-corrected chi connectivity index (χ1v) is 7.18. The van der Waals surface area contributed by atoms with Crippen LogP contribution in [-0.4, -0.2) is 41.8 Å². The van der Waals surface area contributed by atoms with Crippen molar-refractivity contribution >= 4 is 5.97 Å². The summed E-state index contributed by atoms with van der Waals surface area (Å²) in [6.07, 6.45) is 5.27. The van der Waals surface area contributed by atoms with Crippen molar-refractivity contribution in [3.8, 4) is 0 Å². The van der Waals surface area contributed by atoms with E-state index in [1.807, 2.05) is 4.68 Å². The number of aromatic nitrogens is 3. The van der Waals surface area contributed by atoms with Crippen molar-refractivity contribution in [1.29, 1.82) is 0 Å². The molecule has 0 bridgehead atoms. The topological polar surface area (TPSA) is 66.2 Å². The molecular formula is C14H23N3O3. The Morgan fingerprint density at radius 3 is 2.85 bits per heavy atom. The first-order valence-electron chi connectivity index (χ1n) is 7.18. The van der Waals surface area contributed by atoms with E-state index in [0.29, 0.717) is 30.7 Å². The minimum atomic E-state index is -0.425. The molecular weight excluding hydrogens is 258 g/mol. The maximum absolute atomic E-state index is 11.8. The third-order valence-electron chi connectivity index (χ3n) is 3.97. The van der Waals surface area contributed by atoms with E-state index in [4.69, 9.17) is 9.47 Å². The molecule has 0 spiro atoms. The Bertz CT molecular complexity index is 459. The molecule has 0 N–H and O–H groups in total. The number of esters is 1. The molecule has 0 aliphatic heterocycles. The largest absolute Gasteiger partial charge is 0.464 e. The summed E-state index contributed by atoms with van der Waals surface area (Å²) in [6.45, 7) is 2.80. The first kappa shape index (κ1) is 15.0. The number of carbonyl (C=O) groups excluding carboxylic acids is 1. The second kappa shape index (κ2) is 6.83. The van der Waals surface area contributed by atoms with Gasteiger partial charge in [0.15, 0.2) is 5.69 Å². The van der Waals surface area contributed by atoms with Gasteiger partial charge in [-0.15, -0.1) is 5.10 Å². The summed E-state index contributed by atoms with van der Waals surface area (Å²) in [5.74, 6) is 0.265. The van der Waals surface area contributed by atoms with Gasteiger partial charge in [0, 0.05) is 13.5 Å². The Kier molecular flexibility index (Phi) is 5.11. The Morgan fingerprint density at radius 1 is 1.40 bits per heavy atom. The quantitative estimate of drug-likeness (QED) is 0.772. The standard InChI is InChI=1S/C14H23N3O3/c1-10-5-4-6-11(9-10)17-12(7-8-19-2)13(15-16-17)14(18)20-3/h10-11H,4-9H2,1-3H3. The van der Waals surface area contributed by atoms with Crippen molar-refractivity contribution in [2.75, 3.05) is 20.8 Å². The molecule has 1 heterocycles. The van der Waals surface area contributed by atoms with Crippen LogP contribution in [0.25, 0.3) is 0 Å². The number of nitrogens with zero attached hydrogens (tertiary/aromatic N) is 3. The molecule has 1 fully saturated rings. The van der Waals surface area contributed by atoms with Crippen molar-refractivity contribution in [2.45, 2.75) is 45.1 Å². The van der Waals surface area contributed by atoms with Gasteiger partial charge in [0.2, 0.25) is 0 Å². The summed E-state index contributed by atoms with van der Waals surface area (Å²) >= 11 is 0. The molecule has 2 unspecified atom stereocenters. The fourth-order valence-electron chi connectivity index (χ4n) is 2.92. The molecule has 1 aromatic heterocycles. The van der Waals surface area contributed by atoms with Gasteiger partial charge in [-0.25, -0.2) is 9.48 Å². The Morgan fingerprint density at radius 2 is 2.20 bits per heavy atom. The molecule has 6 heteroatoms. The summed E-state index contributed by atoms with van der Waals surface area (Å²) in [5, 5.41) is 8.23. The minimum Gasteiger partial charge on any atom is -0.464 e. The molecule has 0 amide bonds. The van der Waals surface area contributed by atoms with Crippen molar-refractivity contribution in [3.05, 3.63) is 11.4 Å². The molecule has 0 aromatic carbocycles. The lowest BCUT2D eigenvalue weighted by Crippen LogP contribution is -2.22.